The van der Waals surface area contributed by atoms with Gasteiger partial charge in [-0.2, -0.15) is 5.10 Å². The first-order chi connectivity index (χ1) is 14.2. The van der Waals surface area contributed by atoms with Crippen LogP contribution in [0.1, 0.15) is 29.5 Å². The number of hydrazone groups is 1. The number of benzene rings is 2. The molecule has 0 atom stereocenters. The maximum Gasteiger partial charge on any atom is 0.274 e. The van der Waals surface area contributed by atoms with E-state index in [1.807, 2.05) is 26.0 Å². The van der Waals surface area contributed by atoms with Gasteiger partial charge in [0.25, 0.3) is 5.69 Å². The van der Waals surface area contributed by atoms with Gasteiger partial charge in [-0.05, 0) is 25.5 Å². The lowest BCUT2D eigenvalue weighted by Crippen LogP contribution is -2.21. The van der Waals surface area contributed by atoms with Gasteiger partial charge in [0.15, 0.2) is 11.5 Å². The van der Waals surface area contributed by atoms with Crippen molar-refractivity contribution in [2.75, 3.05) is 12.4 Å². The molecule has 0 aliphatic carbocycles. The first-order valence-corrected chi connectivity index (χ1v) is 8.95. The normalized spacial score (nSPS) is 10.6. The molecule has 2 aromatic rings. The molecule has 2 aromatic carbocycles. The minimum Gasteiger partial charge on any atom is -0.504 e. The molecule has 0 aromatic heterocycles. The van der Waals surface area contributed by atoms with Crippen LogP contribution in [0.15, 0.2) is 35.4 Å². The Morgan fingerprint density at radius 3 is 2.53 bits per heavy atom. The number of nitrogens with one attached hydrogen (secondary N) is 2. The molecular weight excluding hydrogens is 392 g/mol. The van der Waals surface area contributed by atoms with Gasteiger partial charge < -0.3 is 15.2 Å². The Hall–Kier alpha value is -3.95. The van der Waals surface area contributed by atoms with Gasteiger partial charge in [-0.15, -0.1) is 0 Å². The predicted molar refractivity (Wildman–Crippen MR) is 111 cm³/mol. The fourth-order valence-electron chi connectivity index (χ4n) is 2.60. The molecule has 0 heterocycles. The number of nitro groups is 1. The molecule has 0 aliphatic rings. The van der Waals surface area contributed by atoms with Crippen LogP contribution in [-0.2, 0) is 9.59 Å². The van der Waals surface area contributed by atoms with E-state index in [9.17, 15) is 24.8 Å². The van der Waals surface area contributed by atoms with E-state index >= 15 is 0 Å². The van der Waals surface area contributed by atoms with E-state index in [1.165, 1.54) is 7.11 Å². The number of ether oxygens (including phenoxy) is 1. The van der Waals surface area contributed by atoms with Crippen LogP contribution in [0.25, 0.3) is 0 Å². The summed E-state index contributed by atoms with van der Waals surface area (Å²) in [6.45, 7) is 3.83. The molecule has 0 spiro atoms. The summed E-state index contributed by atoms with van der Waals surface area (Å²) < 4.78 is 4.88. The fraction of sp³-hybridized carbons (Fsp3) is 0.250. The molecule has 0 fully saturated rings. The standard InChI is InChI=1S/C20H22N4O6/c1-12-4-5-16(13(2)8-12)22-18(25)6-7-19(26)23-21-11-14-9-15(24(28)29)10-17(30-3)20(14)27/h4-5,8-11,27H,6-7H2,1-3H3,(H,22,25)(H,23,26)/b21-11-. The van der Waals surface area contributed by atoms with E-state index in [1.54, 1.807) is 6.07 Å². The van der Waals surface area contributed by atoms with Crippen LogP contribution in [0.4, 0.5) is 11.4 Å². The number of phenols is 1. The average Bonchev–Trinajstić information content (AvgIpc) is 2.69. The third-order valence-corrected chi connectivity index (χ3v) is 4.15. The maximum atomic E-state index is 12.0. The number of carbonyl (C=O) groups excluding carboxylic acids is 2. The quantitative estimate of drug-likeness (QED) is 0.344. The number of aryl methyl sites for hydroxylation is 2. The molecule has 0 saturated carbocycles. The third-order valence-electron chi connectivity index (χ3n) is 4.15. The molecule has 0 radical (unpaired) electrons. The number of aromatic hydroxyl groups is 1. The summed E-state index contributed by atoms with van der Waals surface area (Å²) in [5.74, 6) is -1.30. The molecule has 0 unspecified atom stereocenters. The Bertz CT molecular complexity index is 1000. The Labute approximate surface area is 172 Å². The minimum absolute atomic E-state index is 0.00561. The van der Waals surface area contributed by atoms with Gasteiger partial charge in [-0.25, -0.2) is 5.43 Å². The van der Waals surface area contributed by atoms with Crippen molar-refractivity contribution >= 4 is 29.4 Å². The molecule has 3 N–H and O–H groups in total. The van der Waals surface area contributed by atoms with Crippen molar-refractivity contribution in [2.24, 2.45) is 5.10 Å². The van der Waals surface area contributed by atoms with Crippen molar-refractivity contribution in [1.82, 2.24) is 5.43 Å². The molecule has 2 rings (SSSR count). The van der Waals surface area contributed by atoms with Crippen molar-refractivity contribution in [1.29, 1.82) is 0 Å². The number of nitro benzene ring substituents is 1. The minimum atomic E-state index is -0.647. The Morgan fingerprint density at radius 1 is 1.20 bits per heavy atom. The first kappa shape index (κ1) is 22.3. The second-order valence-corrected chi connectivity index (χ2v) is 6.50. The monoisotopic (exact) mass is 414 g/mol. The zero-order chi connectivity index (χ0) is 22.3. The summed E-state index contributed by atoms with van der Waals surface area (Å²) in [4.78, 5) is 34.2. The molecule has 2 amide bonds. The first-order valence-electron chi connectivity index (χ1n) is 8.95. The van der Waals surface area contributed by atoms with Gasteiger partial charge in [0.05, 0.1) is 24.3 Å². The molecule has 0 saturated heterocycles. The van der Waals surface area contributed by atoms with Crippen molar-refractivity contribution in [3.8, 4) is 11.5 Å². The lowest BCUT2D eigenvalue weighted by Gasteiger charge is -2.09. The van der Waals surface area contributed by atoms with Gasteiger partial charge in [-0.3, -0.25) is 19.7 Å². The molecule has 10 nitrogen and oxygen atoms in total. The summed E-state index contributed by atoms with van der Waals surface area (Å²) in [6, 6.07) is 7.77. The number of hydrogen-bond acceptors (Lipinski definition) is 7. The number of rotatable bonds is 8. The van der Waals surface area contributed by atoms with E-state index in [0.717, 1.165) is 29.5 Å². The lowest BCUT2D eigenvalue weighted by atomic mass is 10.1. The van der Waals surface area contributed by atoms with Crippen LogP contribution in [-0.4, -0.2) is 35.2 Å². The molecule has 10 heteroatoms. The van der Waals surface area contributed by atoms with Gasteiger partial charge in [0.1, 0.15) is 0 Å². The summed E-state index contributed by atoms with van der Waals surface area (Å²) in [6.07, 6.45) is 0.890. The molecule has 0 aliphatic heterocycles. The van der Waals surface area contributed by atoms with Crippen LogP contribution in [0.5, 0.6) is 11.5 Å². The number of nitrogens with zero attached hydrogens (tertiary/aromatic N) is 2. The number of non-ortho nitro benzene ring substituents is 1. The summed E-state index contributed by atoms with van der Waals surface area (Å²) in [7, 11) is 1.25. The third kappa shape index (κ3) is 6.03. The Balaban J connectivity index is 1.91. The molecule has 30 heavy (non-hydrogen) atoms. The molecule has 0 bridgehead atoms. The van der Waals surface area contributed by atoms with E-state index in [0.29, 0.717) is 5.69 Å². The van der Waals surface area contributed by atoms with Crippen LogP contribution in [0.2, 0.25) is 0 Å². The fourth-order valence-corrected chi connectivity index (χ4v) is 2.60. The number of anilines is 1. The highest BCUT2D eigenvalue weighted by molar-refractivity contribution is 5.94. The number of methoxy groups -OCH3 is 1. The van der Waals surface area contributed by atoms with Crippen LogP contribution < -0.4 is 15.5 Å². The summed E-state index contributed by atoms with van der Waals surface area (Å²) in [5.41, 5.74) is 4.58. The van der Waals surface area contributed by atoms with E-state index in [-0.39, 0.29) is 41.5 Å². The van der Waals surface area contributed by atoms with E-state index in [4.69, 9.17) is 4.74 Å². The van der Waals surface area contributed by atoms with Gasteiger partial charge in [-0.1, -0.05) is 17.7 Å². The Morgan fingerprint density at radius 2 is 1.90 bits per heavy atom. The van der Waals surface area contributed by atoms with Crippen LogP contribution >= 0.6 is 0 Å². The number of hydrogen-bond donors (Lipinski definition) is 3. The zero-order valence-corrected chi connectivity index (χ0v) is 16.8. The van der Waals surface area contributed by atoms with E-state index < -0.39 is 10.8 Å². The number of phenolic OH excluding ortho intramolecular Hbond substituents is 1. The largest absolute Gasteiger partial charge is 0.504 e. The summed E-state index contributed by atoms with van der Waals surface area (Å²) >= 11 is 0. The van der Waals surface area contributed by atoms with Gasteiger partial charge >= 0.3 is 0 Å². The average molecular weight is 414 g/mol. The lowest BCUT2D eigenvalue weighted by molar-refractivity contribution is -0.385. The summed E-state index contributed by atoms with van der Waals surface area (Å²) in [5, 5.41) is 27.4. The number of amides is 2. The topological polar surface area (TPSA) is 143 Å². The van der Waals surface area contributed by atoms with Crippen LogP contribution in [0, 0.1) is 24.0 Å². The highest BCUT2D eigenvalue weighted by Gasteiger charge is 2.16. The SMILES string of the molecule is COc1cc([N+](=O)[O-])cc(/C=N\NC(=O)CCC(=O)Nc2ccc(C)cc2C)c1O. The van der Waals surface area contributed by atoms with Gasteiger partial charge in [0, 0.05) is 30.2 Å². The number of carbonyl (C=O) groups is 2. The second-order valence-electron chi connectivity index (χ2n) is 6.50. The highest BCUT2D eigenvalue weighted by Crippen LogP contribution is 2.33. The maximum absolute atomic E-state index is 12.0. The Kier molecular flexibility index (Phi) is 7.45. The predicted octanol–water partition coefficient (Wildman–Crippen LogP) is 2.79. The molecule has 158 valence electrons. The molecular formula is C20H22N4O6. The van der Waals surface area contributed by atoms with Crippen molar-refractivity contribution in [3.63, 3.8) is 0 Å². The smallest absolute Gasteiger partial charge is 0.274 e. The van der Waals surface area contributed by atoms with Crippen molar-refractivity contribution in [3.05, 3.63) is 57.1 Å². The zero-order valence-electron chi connectivity index (χ0n) is 16.8. The van der Waals surface area contributed by atoms with Crippen molar-refractivity contribution in [2.45, 2.75) is 26.7 Å². The second kappa shape index (κ2) is 10.0. The van der Waals surface area contributed by atoms with Crippen LogP contribution in [0.3, 0.4) is 0 Å². The van der Waals surface area contributed by atoms with Crippen molar-refractivity contribution < 1.29 is 24.4 Å². The highest BCUT2D eigenvalue weighted by atomic mass is 16.6. The van der Waals surface area contributed by atoms with E-state index in [2.05, 4.69) is 15.8 Å². The van der Waals surface area contributed by atoms with Gasteiger partial charge in [0.2, 0.25) is 11.8 Å².